The first-order valence-corrected chi connectivity index (χ1v) is 11.2. The zero-order valence-corrected chi connectivity index (χ0v) is 19.4. The number of hydrogen-bond acceptors (Lipinski definition) is 5. The second-order valence-electron chi connectivity index (χ2n) is 8.54. The van der Waals surface area contributed by atoms with Gasteiger partial charge in [0, 0.05) is 24.8 Å². The monoisotopic (exact) mass is 461 g/mol. The lowest BCUT2D eigenvalue weighted by molar-refractivity contribution is -0.126. The zero-order chi connectivity index (χ0) is 23.3. The van der Waals surface area contributed by atoms with Crippen LogP contribution in [0.1, 0.15) is 17.2 Å². The second-order valence-corrected chi connectivity index (χ2v) is 8.95. The van der Waals surface area contributed by atoms with E-state index in [9.17, 15) is 9.59 Å². The SMILES string of the molecule is Cc1c(Cl)cccc1N1C(=O)C2ON(c3ccccc3)C(c3ccc(N(C)C)cc3)C2C1=O. The topological polar surface area (TPSA) is 53.1 Å². The number of nitrogens with zero attached hydrogens (tertiary/aromatic N) is 3. The maximum Gasteiger partial charge on any atom is 0.266 e. The van der Waals surface area contributed by atoms with Gasteiger partial charge in [0.2, 0.25) is 5.91 Å². The Labute approximate surface area is 197 Å². The minimum atomic E-state index is -0.908. The van der Waals surface area contributed by atoms with Crippen LogP contribution in [0.25, 0.3) is 0 Å². The van der Waals surface area contributed by atoms with Crippen molar-refractivity contribution in [1.29, 1.82) is 0 Å². The summed E-state index contributed by atoms with van der Waals surface area (Å²) in [5.41, 5.74) is 3.93. The van der Waals surface area contributed by atoms with E-state index in [0.29, 0.717) is 16.3 Å². The number of hydrogen-bond donors (Lipinski definition) is 0. The number of rotatable bonds is 4. The molecule has 7 heteroatoms. The molecule has 0 aliphatic carbocycles. The van der Waals surface area contributed by atoms with Crippen molar-refractivity contribution in [3.8, 4) is 0 Å². The first-order valence-electron chi connectivity index (χ1n) is 10.8. The predicted molar refractivity (Wildman–Crippen MR) is 129 cm³/mol. The Kier molecular flexibility index (Phi) is 5.35. The Bertz CT molecular complexity index is 1210. The number of fused-ring (bicyclic) bond motifs is 1. The summed E-state index contributed by atoms with van der Waals surface area (Å²) in [6.45, 7) is 1.81. The fourth-order valence-corrected chi connectivity index (χ4v) is 4.77. The van der Waals surface area contributed by atoms with Crippen molar-refractivity contribution in [2.75, 3.05) is 29.0 Å². The molecule has 2 aliphatic rings. The summed E-state index contributed by atoms with van der Waals surface area (Å²) in [5.74, 6) is -1.33. The van der Waals surface area contributed by atoms with Crippen LogP contribution in [0.15, 0.2) is 72.8 Å². The number of halogens is 1. The number of benzene rings is 3. The highest BCUT2D eigenvalue weighted by molar-refractivity contribution is 6.32. The van der Waals surface area contributed by atoms with Gasteiger partial charge in [0.1, 0.15) is 5.92 Å². The summed E-state index contributed by atoms with van der Waals surface area (Å²) in [5, 5.41) is 2.21. The standard InChI is InChI=1S/C26H24ClN3O3/c1-16-20(27)10-7-11-21(16)29-25(31)22-23(17-12-14-18(15-13-17)28(2)3)30(33-24(22)26(29)32)19-8-5-4-6-9-19/h4-15,22-24H,1-3H3. The van der Waals surface area contributed by atoms with Crippen LogP contribution in [0.3, 0.4) is 0 Å². The smallest absolute Gasteiger partial charge is 0.266 e. The lowest BCUT2D eigenvalue weighted by Gasteiger charge is -2.29. The Morgan fingerprint density at radius 2 is 1.58 bits per heavy atom. The third-order valence-corrected chi connectivity index (χ3v) is 6.77. The quantitative estimate of drug-likeness (QED) is 0.524. The van der Waals surface area contributed by atoms with Gasteiger partial charge in [-0.15, -0.1) is 0 Å². The average molecular weight is 462 g/mol. The molecule has 0 bridgehead atoms. The van der Waals surface area contributed by atoms with E-state index in [2.05, 4.69) is 0 Å². The van der Waals surface area contributed by atoms with Crippen molar-refractivity contribution in [2.45, 2.75) is 19.1 Å². The van der Waals surface area contributed by atoms with Crippen LogP contribution in [0.2, 0.25) is 5.02 Å². The normalized spacial score (nSPS) is 22.1. The van der Waals surface area contributed by atoms with E-state index in [1.54, 1.807) is 30.2 Å². The zero-order valence-electron chi connectivity index (χ0n) is 18.6. The fraction of sp³-hybridized carbons (Fsp3) is 0.231. The highest BCUT2D eigenvalue weighted by Crippen LogP contribution is 2.48. The van der Waals surface area contributed by atoms with Crippen LogP contribution >= 0.6 is 11.6 Å². The Morgan fingerprint density at radius 3 is 2.24 bits per heavy atom. The molecule has 2 amide bonds. The third-order valence-electron chi connectivity index (χ3n) is 6.36. The van der Waals surface area contributed by atoms with Crippen LogP contribution in [0.5, 0.6) is 0 Å². The van der Waals surface area contributed by atoms with Crippen LogP contribution in [0.4, 0.5) is 17.1 Å². The summed E-state index contributed by atoms with van der Waals surface area (Å²) in [7, 11) is 3.95. The van der Waals surface area contributed by atoms with Gasteiger partial charge in [-0.05, 0) is 54.4 Å². The molecule has 3 unspecified atom stereocenters. The second kappa shape index (κ2) is 8.21. The molecule has 2 fully saturated rings. The number of carbonyl (C=O) groups excluding carboxylic acids is 2. The lowest BCUT2D eigenvalue weighted by atomic mass is 9.90. The van der Waals surface area contributed by atoms with Gasteiger partial charge in [0.25, 0.3) is 5.91 Å². The van der Waals surface area contributed by atoms with Crippen LogP contribution in [-0.4, -0.2) is 32.0 Å². The molecular weight excluding hydrogens is 438 g/mol. The van der Waals surface area contributed by atoms with Gasteiger partial charge in [-0.1, -0.05) is 48.0 Å². The summed E-state index contributed by atoms with van der Waals surface area (Å²) >= 11 is 6.28. The van der Waals surface area contributed by atoms with E-state index in [1.165, 1.54) is 4.90 Å². The van der Waals surface area contributed by atoms with Crippen molar-refractivity contribution in [2.24, 2.45) is 5.92 Å². The molecule has 3 aromatic rings. The molecule has 5 rings (SSSR count). The minimum absolute atomic E-state index is 0.282. The summed E-state index contributed by atoms with van der Waals surface area (Å²) < 4.78 is 0. The molecule has 33 heavy (non-hydrogen) atoms. The largest absolute Gasteiger partial charge is 0.378 e. The molecule has 0 spiro atoms. The summed E-state index contributed by atoms with van der Waals surface area (Å²) in [6.07, 6.45) is -0.908. The molecule has 6 nitrogen and oxygen atoms in total. The Hall–Kier alpha value is -3.35. The van der Waals surface area contributed by atoms with Gasteiger partial charge in [0.05, 0.1) is 17.4 Å². The minimum Gasteiger partial charge on any atom is -0.378 e. The van der Waals surface area contributed by atoms with Gasteiger partial charge >= 0.3 is 0 Å². The number of anilines is 3. The van der Waals surface area contributed by atoms with E-state index in [0.717, 1.165) is 16.9 Å². The van der Waals surface area contributed by atoms with Crippen LogP contribution in [-0.2, 0) is 14.4 Å². The molecule has 0 aromatic heterocycles. The highest BCUT2D eigenvalue weighted by atomic mass is 35.5. The van der Waals surface area contributed by atoms with Crippen LogP contribution < -0.4 is 14.9 Å². The van der Waals surface area contributed by atoms with Gasteiger partial charge < -0.3 is 4.90 Å². The van der Waals surface area contributed by atoms with Crippen molar-refractivity contribution >= 4 is 40.5 Å². The molecule has 168 valence electrons. The number of para-hydroxylation sites is 1. The predicted octanol–water partition coefficient (Wildman–Crippen LogP) is 4.77. The van der Waals surface area contributed by atoms with Gasteiger partial charge in [-0.2, -0.15) is 0 Å². The van der Waals surface area contributed by atoms with E-state index >= 15 is 0 Å². The average Bonchev–Trinajstić information content (AvgIpc) is 3.33. The van der Waals surface area contributed by atoms with E-state index in [1.807, 2.05) is 73.6 Å². The molecule has 3 atom stereocenters. The lowest BCUT2D eigenvalue weighted by Crippen LogP contribution is -2.37. The molecule has 0 N–H and O–H groups in total. The summed E-state index contributed by atoms with van der Waals surface area (Å²) in [4.78, 5) is 36.7. The molecule has 2 aliphatic heterocycles. The first kappa shape index (κ1) is 21.5. The number of carbonyl (C=O) groups is 2. The maximum atomic E-state index is 13.7. The van der Waals surface area contributed by atoms with E-state index < -0.39 is 18.1 Å². The third kappa shape index (κ3) is 3.46. The van der Waals surface area contributed by atoms with E-state index in [4.69, 9.17) is 16.4 Å². The Balaban J connectivity index is 1.59. The molecule has 3 aromatic carbocycles. The maximum absolute atomic E-state index is 13.7. The van der Waals surface area contributed by atoms with Crippen molar-refractivity contribution < 1.29 is 14.4 Å². The van der Waals surface area contributed by atoms with Crippen molar-refractivity contribution in [3.05, 3.63) is 88.9 Å². The highest BCUT2D eigenvalue weighted by Gasteiger charge is 2.60. The van der Waals surface area contributed by atoms with Gasteiger partial charge in [0.15, 0.2) is 6.10 Å². The van der Waals surface area contributed by atoms with Gasteiger partial charge in [-0.3, -0.25) is 14.4 Å². The molecule has 0 radical (unpaired) electrons. The summed E-state index contributed by atoms with van der Waals surface area (Å²) in [6, 6.07) is 22.3. The molecule has 2 saturated heterocycles. The fourth-order valence-electron chi connectivity index (χ4n) is 4.60. The first-order chi connectivity index (χ1) is 15.9. The molecular formula is C26H24ClN3O3. The van der Waals surface area contributed by atoms with Crippen molar-refractivity contribution in [1.82, 2.24) is 0 Å². The van der Waals surface area contributed by atoms with E-state index in [-0.39, 0.29) is 11.8 Å². The van der Waals surface area contributed by atoms with Crippen LogP contribution in [0, 0.1) is 12.8 Å². The number of imide groups is 1. The number of hydroxylamine groups is 1. The number of amides is 2. The Morgan fingerprint density at radius 1 is 0.879 bits per heavy atom. The van der Waals surface area contributed by atoms with Crippen molar-refractivity contribution in [3.63, 3.8) is 0 Å². The molecule has 2 heterocycles. The molecule has 0 saturated carbocycles. The van der Waals surface area contributed by atoms with Gasteiger partial charge in [-0.25, -0.2) is 9.96 Å².